The van der Waals surface area contributed by atoms with Crippen molar-refractivity contribution in [3.63, 3.8) is 0 Å². The summed E-state index contributed by atoms with van der Waals surface area (Å²) in [6.45, 7) is 3.71. The van der Waals surface area contributed by atoms with Crippen LogP contribution in [0, 0.1) is 5.41 Å². The predicted molar refractivity (Wildman–Crippen MR) is 44.4 cm³/mol. The number of aliphatic hydroxyl groups excluding tert-OH is 1. The SMILES string of the molecule is CC1(CO)CCCNC12CC2. The molecule has 2 nitrogen and oxygen atoms in total. The number of piperidine rings is 1. The second-order valence-electron chi connectivity index (χ2n) is 4.33. The molecular formula is C9H17NO. The van der Waals surface area contributed by atoms with Crippen LogP contribution in [0.25, 0.3) is 0 Å². The molecule has 1 spiro atoms. The summed E-state index contributed by atoms with van der Waals surface area (Å²) in [7, 11) is 0. The third kappa shape index (κ3) is 0.926. The molecule has 1 saturated carbocycles. The van der Waals surface area contributed by atoms with Gasteiger partial charge in [0.15, 0.2) is 0 Å². The van der Waals surface area contributed by atoms with Crippen LogP contribution in [0.2, 0.25) is 0 Å². The lowest BCUT2D eigenvalue weighted by Gasteiger charge is -2.41. The van der Waals surface area contributed by atoms with Gasteiger partial charge in [0.2, 0.25) is 0 Å². The first-order valence-corrected chi connectivity index (χ1v) is 4.58. The van der Waals surface area contributed by atoms with Crippen LogP contribution >= 0.6 is 0 Å². The fraction of sp³-hybridized carbons (Fsp3) is 1.00. The maximum absolute atomic E-state index is 9.29. The topological polar surface area (TPSA) is 32.3 Å². The predicted octanol–water partition coefficient (Wildman–Crippen LogP) is 0.901. The van der Waals surface area contributed by atoms with Crippen molar-refractivity contribution in [2.45, 2.75) is 38.1 Å². The van der Waals surface area contributed by atoms with Gasteiger partial charge in [-0.15, -0.1) is 0 Å². The van der Waals surface area contributed by atoms with Crippen LogP contribution in [0.15, 0.2) is 0 Å². The molecule has 1 atom stereocenters. The van der Waals surface area contributed by atoms with E-state index in [-0.39, 0.29) is 5.41 Å². The van der Waals surface area contributed by atoms with Gasteiger partial charge in [0.05, 0.1) is 6.61 Å². The molecule has 1 saturated heterocycles. The van der Waals surface area contributed by atoms with Crippen molar-refractivity contribution in [1.82, 2.24) is 5.32 Å². The second kappa shape index (κ2) is 2.20. The molecular weight excluding hydrogens is 138 g/mol. The number of aliphatic hydroxyl groups is 1. The quantitative estimate of drug-likeness (QED) is 0.589. The molecule has 1 heterocycles. The van der Waals surface area contributed by atoms with Gasteiger partial charge >= 0.3 is 0 Å². The molecule has 0 aromatic rings. The van der Waals surface area contributed by atoms with Crippen LogP contribution < -0.4 is 5.32 Å². The number of hydrogen-bond donors (Lipinski definition) is 2. The zero-order chi connectivity index (χ0) is 7.95. The Morgan fingerprint density at radius 3 is 2.55 bits per heavy atom. The Kier molecular flexibility index (Phi) is 1.52. The van der Waals surface area contributed by atoms with E-state index in [2.05, 4.69) is 12.2 Å². The lowest BCUT2D eigenvalue weighted by atomic mass is 9.74. The summed E-state index contributed by atoms with van der Waals surface area (Å²) in [4.78, 5) is 0. The van der Waals surface area contributed by atoms with Crippen molar-refractivity contribution in [3.8, 4) is 0 Å². The molecule has 64 valence electrons. The molecule has 2 fully saturated rings. The third-order valence-electron chi connectivity index (χ3n) is 3.62. The largest absolute Gasteiger partial charge is 0.396 e. The average Bonchev–Trinajstić information content (AvgIpc) is 2.78. The van der Waals surface area contributed by atoms with E-state index in [0.717, 1.165) is 6.54 Å². The van der Waals surface area contributed by atoms with E-state index in [9.17, 15) is 5.11 Å². The Labute approximate surface area is 68.0 Å². The Balaban J connectivity index is 2.15. The molecule has 2 aliphatic rings. The number of nitrogens with one attached hydrogen (secondary N) is 1. The average molecular weight is 155 g/mol. The van der Waals surface area contributed by atoms with E-state index in [1.165, 1.54) is 25.7 Å². The Morgan fingerprint density at radius 2 is 2.09 bits per heavy atom. The first-order valence-electron chi connectivity index (χ1n) is 4.58. The van der Waals surface area contributed by atoms with E-state index in [0.29, 0.717) is 12.1 Å². The molecule has 0 radical (unpaired) electrons. The summed E-state index contributed by atoms with van der Waals surface area (Å²) in [6, 6.07) is 0. The monoisotopic (exact) mass is 155 g/mol. The maximum atomic E-state index is 9.29. The lowest BCUT2D eigenvalue weighted by molar-refractivity contribution is 0.0553. The van der Waals surface area contributed by atoms with Crippen LogP contribution in [0.3, 0.4) is 0 Å². The molecule has 2 N–H and O–H groups in total. The van der Waals surface area contributed by atoms with Crippen molar-refractivity contribution in [3.05, 3.63) is 0 Å². The molecule has 0 aromatic heterocycles. The van der Waals surface area contributed by atoms with Gasteiger partial charge in [-0.1, -0.05) is 6.92 Å². The van der Waals surface area contributed by atoms with Gasteiger partial charge in [-0.2, -0.15) is 0 Å². The van der Waals surface area contributed by atoms with E-state index in [4.69, 9.17) is 0 Å². The van der Waals surface area contributed by atoms with E-state index in [1.54, 1.807) is 0 Å². The van der Waals surface area contributed by atoms with Crippen LogP contribution in [-0.4, -0.2) is 23.8 Å². The first kappa shape index (κ1) is 7.56. The smallest absolute Gasteiger partial charge is 0.0502 e. The standard InChI is InChI=1S/C9H17NO/c1-8(7-11)3-2-6-10-9(8)4-5-9/h10-11H,2-7H2,1H3. The molecule has 2 heteroatoms. The van der Waals surface area contributed by atoms with Crippen molar-refractivity contribution in [2.75, 3.05) is 13.2 Å². The number of rotatable bonds is 1. The summed E-state index contributed by atoms with van der Waals surface area (Å²) in [5.74, 6) is 0. The number of hydrogen-bond acceptors (Lipinski definition) is 2. The Hall–Kier alpha value is -0.0800. The van der Waals surface area contributed by atoms with Crippen molar-refractivity contribution >= 4 is 0 Å². The fourth-order valence-corrected chi connectivity index (χ4v) is 2.39. The van der Waals surface area contributed by atoms with Crippen molar-refractivity contribution in [1.29, 1.82) is 0 Å². The highest BCUT2D eigenvalue weighted by molar-refractivity contribution is 5.14. The summed E-state index contributed by atoms with van der Waals surface area (Å²) >= 11 is 0. The minimum atomic E-state index is 0.172. The van der Waals surface area contributed by atoms with Gasteiger partial charge in [-0.05, 0) is 32.2 Å². The molecule has 1 aliphatic carbocycles. The minimum Gasteiger partial charge on any atom is -0.396 e. The van der Waals surface area contributed by atoms with Crippen LogP contribution in [-0.2, 0) is 0 Å². The molecule has 11 heavy (non-hydrogen) atoms. The highest BCUT2D eigenvalue weighted by atomic mass is 16.3. The van der Waals surface area contributed by atoms with Crippen molar-refractivity contribution in [2.24, 2.45) is 5.41 Å². The van der Waals surface area contributed by atoms with E-state index < -0.39 is 0 Å². The van der Waals surface area contributed by atoms with Gasteiger partial charge in [0.1, 0.15) is 0 Å². The Bertz CT molecular complexity index is 165. The van der Waals surface area contributed by atoms with E-state index >= 15 is 0 Å². The normalized spacial score (nSPS) is 40.9. The summed E-state index contributed by atoms with van der Waals surface area (Å²) in [5.41, 5.74) is 0.505. The molecule has 2 rings (SSSR count). The molecule has 0 bridgehead atoms. The van der Waals surface area contributed by atoms with Gasteiger partial charge in [0, 0.05) is 11.0 Å². The molecule has 1 unspecified atom stereocenters. The molecule has 0 amide bonds. The van der Waals surface area contributed by atoms with Gasteiger partial charge in [0.25, 0.3) is 0 Å². The molecule has 1 aliphatic heterocycles. The van der Waals surface area contributed by atoms with E-state index in [1.807, 2.05) is 0 Å². The third-order valence-corrected chi connectivity index (χ3v) is 3.62. The van der Waals surface area contributed by atoms with Gasteiger partial charge in [-0.25, -0.2) is 0 Å². The van der Waals surface area contributed by atoms with Crippen molar-refractivity contribution < 1.29 is 5.11 Å². The van der Waals surface area contributed by atoms with Crippen LogP contribution in [0.1, 0.15) is 32.6 Å². The Morgan fingerprint density at radius 1 is 1.36 bits per heavy atom. The summed E-state index contributed by atoms with van der Waals surface area (Å²) in [6.07, 6.45) is 4.95. The zero-order valence-corrected chi connectivity index (χ0v) is 7.19. The fourth-order valence-electron chi connectivity index (χ4n) is 2.39. The zero-order valence-electron chi connectivity index (χ0n) is 7.19. The second-order valence-corrected chi connectivity index (χ2v) is 4.33. The van der Waals surface area contributed by atoms with Gasteiger partial charge in [-0.3, -0.25) is 0 Å². The highest BCUT2D eigenvalue weighted by Crippen LogP contribution is 2.53. The van der Waals surface area contributed by atoms with Crippen LogP contribution in [0.4, 0.5) is 0 Å². The van der Waals surface area contributed by atoms with Crippen LogP contribution in [0.5, 0.6) is 0 Å². The summed E-state index contributed by atoms with van der Waals surface area (Å²) < 4.78 is 0. The molecule has 0 aromatic carbocycles. The van der Waals surface area contributed by atoms with Gasteiger partial charge < -0.3 is 10.4 Å². The highest BCUT2D eigenvalue weighted by Gasteiger charge is 2.57. The summed E-state index contributed by atoms with van der Waals surface area (Å²) in [5, 5.41) is 12.8. The minimum absolute atomic E-state index is 0.172. The lowest BCUT2D eigenvalue weighted by Crippen LogP contribution is -2.52. The first-order chi connectivity index (χ1) is 5.22. The maximum Gasteiger partial charge on any atom is 0.0502 e.